The molecule has 5 nitrogen and oxygen atoms in total. The molecule has 19 heavy (non-hydrogen) atoms. The third-order valence-corrected chi connectivity index (χ3v) is 3.50. The average Bonchev–Trinajstić information content (AvgIpc) is 2.42. The van der Waals surface area contributed by atoms with Gasteiger partial charge >= 0.3 is 0 Å². The number of nitrogens with one attached hydrogen (secondary N) is 2. The molecule has 0 aromatic carbocycles. The molecule has 0 atom stereocenters. The van der Waals surface area contributed by atoms with E-state index < -0.39 is 0 Å². The van der Waals surface area contributed by atoms with E-state index in [9.17, 15) is 0 Å². The number of aromatic nitrogens is 1. The maximum absolute atomic E-state index is 5.80. The Bertz CT molecular complexity index is 457. The highest BCUT2D eigenvalue weighted by Crippen LogP contribution is 2.24. The average molecular weight is 260 g/mol. The molecule has 1 aliphatic carbocycles. The van der Waals surface area contributed by atoms with Crippen LogP contribution in [-0.2, 0) is 6.54 Å². The van der Waals surface area contributed by atoms with Crippen molar-refractivity contribution in [2.45, 2.75) is 38.3 Å². The van der Waals surface area contributed by atoms with Gasteiger partial charge in [-0.3, -0.25) is 4.99 Å². The highest BCUT2D eigenvalue weighted by Gasteiger charge is 2.19. The van der Waals surface area contributed by atoms with Crippen LogP contribution in [0.15, 0.2) is 23.3 Å². The fraction of sp³-hybridized carbons (Fsp3) is 0.571. The van der Waals surface area contributed by atoms with Gasteiger partial charge in [0.05, 0.1) is 0 Å². The lowest BCUT2D eigenvalue weighted by molar-refractivity contribution is 0.114. The molecule has 0 saturated heterocycles. The van der Waals surface area contributed by atoms with E-state index in [-0.39, 0.29) is 0 Å². The Morgan fingerprint density at radius 3 is 3.05 bits per heavy atom. The smallest absolute Gasteiger partial charge is 0.213 e. The standard InChI is InChI=1S/C14H20N4O/c1-3-12(4-1)19-13-9-11(5-8-15-13)10-18-14-16-6-2-7-17-14/h5,8-9,12H,1-4,6-7,10H2,(H2,16,17,18). The Morgan fingerprint density at radius 1 is 1.37 bits per heavy atom. The largest absolute Gasteiger partial charge is 0.474 e. The van der Waals surface area contributed by atoms with E-state index >= 15 is 0 Å². The van der Waals surface area contributed by atoms with Crippen LogP contribution in [0.5, 0.6) is 5.88 Å². The third kappa shape index (κ3) is 3.36. The van der Waals surface area contributed by atoms with Gasteiger partial charge in [0, 0.05) is 31.9 Å². The SMILES string of the molecule is c1cc(CNC2=NCCCN2)cc(OC2CCC2)n1. The van der Waals surface area contributed by atoms with E-state index in [2.05, 4.69) is 20.6 Å². The Labute approximate surface area is 113 Å². The summed E-state index contributed by atoms with van der Waals surface area (Å²) in [5, 5.41) is 6.55. The minimum atomic E-state index is 0.375. The van der Waals surface area contributed by atoms with E-state index in [1.807, 2.05) is 12.1 Å². The van der Waals surface area contributed by atoms with Gasteiger partial charge in [-0.05, 0) is 37.3 Å². The predicted octanol–water partition coefficient (Wildman–Crippen LogP) is 1.45. The number of pyridine rings is 1. The second kappa shape index (κ2) is 5.91. The Morgan fingerprint density at radius 2 is 2.32 bits per heavy atom. The third-order valence-electron chi connectivity index (χ3n) is 3.50. The van der Waals surface area contributed by atoms with Crippen molar-refractivity contribution in [3.63, 3.8) is 0 Å². The van der Waals surface area contributed by atoms with Crippen LogP contribution in [-0.4, -0.2) is 30.1 Å². The van der Waals surface area contributed by atoms with E-state index in [0.29, 0.717) is 6.10 Å². The van der Waals surface area contributed by atoms with E-state index in [1.165, 1.54) is 12.0 Å². The summed E-state index contributed by atoms with van der Waals surface area (Å²) in [5.74, 6) is 1.63. The van der Waals surface area contributed by atoms with Crippen LogP contribution in [0.1, 0.15) is 31.2 Å². The number of hydrogen-bond donors (Lipinski definition) is 2. The van der Waals surface area contributed by atoms with Gasteiger partial charge in [-0.2, -0.15) is 0 Å². The quantitative estimate of drug-likeness (QED) is 0.860. The van der Waals surface area contributed by atoms with Gasteiger partial charge in [0.25, 0.3) is 0 Å². The molecule has 0 spiro atoms. The Balaban J connectivity index is 1.54. The summed E-state index contributed by atoms with van der Waals surface area (Å²) in [4.78, 5) is 8.65. The van der Waals surface area contributed by atoms with Gasteiger partial charge in [0.1, 0.15) is 6.10 Å². The lowest BCUT2D eigenvalue weighted by Gasteiger charge is -2.25. The summed E-state index contributed by atoms with van der Waals surface area (Å²) in [6.07, 6.45) is 6.88. The summed E-state index contributed by atoms with van der Waals surface area (Å²) < 4.78 is 5.80. The molecule has 0 amide bonds. The molecule has 1 aliphatic heterocycles. The van der Waals surface area contributed by atoms with Crippen LogP contribution in [0, 0.1) is 0 Å². The van der Waals surface area contributed by atoms with E-state index in [4.69, 9.17) is 4.74 Å². The molecule has 2 N–H and O–H groups in total. The second-order valence-corrected chi connectivity index (χ2v) is 5.04. The first-order valence-electron chi connectivity index (χ1n) is 7.04. The van der Waals surface area contributed by atoms with Crippen molar-refractivity contribution in [2.75, 3.05) is 13.1 Å². The second-order valence-electron chi connectivity index (χ2n) is 5.04. The number of nitrogens with zero attached hydrogens (tertiary/aromatic N) is 2. The van der Waals surface area contributed by atoms with Crippen molar-refractivity contribution in [3.05, 3.63) is 23.9 Å². The summed E-state index contributed by atoms with van der Waals surface area (Å²) in [6.45, 7) is 2.65. The lowest BCUT2D eigenvalue weighted by atomic mass is 9.96. The highest BCUT2D eigenvalue weighted by molar-refractivity contribution is 5.80. The number of guanidine groups is 1. The molecule has 1 saturated carbocycles. The van der Waals surface area contributed by atoms with Crippen molar-refractivity contribution < 1.29 is 4.74 Å². The number of rotatable bonds is 4. The zero-order chi connectivity index (χ0) is 12.9. The van der Waals surface area contributed by atoms with Gasteiger partial charge in [0.15, 0.2) is 5.96 Å². The first-order valence-corrected chi connectivity index (χ1v) is 7.04. The molecule has 1 fully saturated rings. The number of ether oxygens (including phenoxy) is 1. The molecule has 1 aromatic rings. The maximum atomic E-state index is 5.80. The first kappa shape index (κ1) is 12.3. The summed E-state index contributed by atoms with van der Waals surface area (Å²) in [7, 11) is 0. The van der Waals surface area contributed by atoms with Crippen LogP contribution in [0.25, 0.3) is 0 Å². The molecule has 2 aliphatic rings. The molecule has 102 valence electrons. The fourth-order valence-corrected chi connectivity index (χ4v) is 2.12. The van der Waals surface area contributed by atoms with Gasteiger partial charge in [-0.25, -0.2) is 4.98 Å². The van der Waals surface area contributed by atoms with Crippen molar-refractivity contribution in [3.8, 4) is 5.88 Å². The summed E-state index contributed by atoms with van der Waals surface area (Å²) in [5.41, 5.74) is 1.17. The lowest BCUT2D eigenvalue weighted by Crippen LogP contribution is -2.40. The molecule has 5 heteroatoms. The topological polar surface area (TPSA) is 58.5 Å². The van der Waals surface area contributed by atoms with Gasteiger partial charge in [-0.15, -0.1) is 0 Å². The first-order chi connectivity index (χ1) is 9.40. The molecular weight excluding hydrogens is 240 g/mol. The van der Waals surface area contributed by atoms with Crippen molar-refractivity contribution in [1.82, 2.24) is 15.6 Å². The zero-order valence-corrected chi connectivity index (χ0v) is 11.1. The predicted molar refractivity (Wildman–Crippen MR) is 74.3 cm³/mol. The summed E-state index contributed by atoms with van der Waals surface area (Å²) in [6, 6.07) is 4.01. The van der Waals surface area contributed by atoms with Crippen LogP contribution < -0.4 is 15.4 Å². The summed E-state index contributed by atoms with van der Waals surface area (Å²) >= 11 is 0. The molecule has 0 bridgehead atoms. The number of hydrogen-bond acceptors (Lipinski definition) is 5. The van der Waals surface area contributed by atoms with Gasteiger partial charge in [0.2, 0.25) is 5.88 Å². The van der Waals surface area contributed by atoms with Crippen molar-refractivity contribution in [1.29, 1.82) is 0 Å². The van der Waals surface area contributed by atoms with Crippen LogP contribution in [0.4, 0.5) is 0 Å². The molecule has 3 rings (SSSR count). The fourth-order valence-electron chi connectivity index (χ4n) is 2.12. The van der Waals surface area contributed by atoms with Gasteiger partial charge in [-0.1, -0.05) is 0 Å². The number of aliphatic imine (C=N–C) groups is 1. The van der Waals surface area contributed by atoms with Gasteiger partial charge < -0.3 is 15.4 Å². The maximum Gasteiger partial charge on any atom is 0.213 e. The highest BCUT2D eigenvalue weighted by atomic mass is 16.5. The van der Waals surface area contributed by atoms with Crippen LogP contribution >= 0.6 is 0 Å². The zero-order valence-electron chi connectivity index (χ0n) is 11.1. The molecular formula is C14H20N4O. The Kier molecular flexibility index (Phi) is 3.81. The van der Waals surface area contributed by atoms with Crippen LogP contribution in [0.3, 0.4) is 0 Å². The monoisotopic (exact) mass is 260 g/mol. The minimum Gasteiger partial charge on any atom is -0.474 e. The normalized spacial score (nSPS) is 19.1. The van der Waals surface area contributed by atoms with E-state index in [1.54, 1.807) is 6.20 Å². The minimum absolute atomic E-state index is 0.375. The Hall–Kier alpha value is -1.78. The van der Waals surface area contributed by atoms with E-state index in [0.717, 1.165) is 50.7 Å². The molecule has 1 aromatic heterocycles. The molecule has 0 unspecified atom stereocenters. The molecule has 0 radical (unpaired) electrons. The van der Waals surface area contributed by atoms with Crippen LogP contribution in [0.2, 0.25) is 0 Å². The van der Waals surface area contributed by atoms with Crippen molar-refractivity contribution in [2.24, 2.45) is 4.99 Å². The van der Waals surface area contributed by atoms with Crippen molar-refractivity contribution >= 4 is 5.96 Å². The molecule has 2 heterocycles.